The topological polar surface area (TPSA) is 97.6 Å². The van der Waals surface area contributed by atoms with Gasteiger partial charge in [-0.3, -0.25) is 13.8 Å². The van der Waals surface area contributed by atoms with Gasteiger partial charge in [-0.25, -0.2) is 31.9 Å². The molecule has 0 saturated carbocycles. The Bertz CT molecular complexity index is 1770. The molecule has 2 aliphatic heterocycles. The van der Waals surface area contributed by atoms with Crippen molar-refractivity contribution in [2.24, 2.45) is 5.41 Å². The summed E-state index contributed by atoms with van der Waals surface area (Å²) < 4.78 is 64.5. The number of hydrogen-bond donors (Lipinski definition) is 0. The predicted octanol–water partition coefficient (Wildman–Crippen LogP) is 2.54. The minimum atomic E-state index is -1.65. The first kappa shape index (κ1) is 24.9. The fourth-order valence-electron chi connectivity index (χ4n) is 5.46. The van der Waals surface area contributed by atoms with E-state index in [1.807, 2.05) is 6.07 Å². The second kappa shape index (κ2) is 9.09. The maximum Gasteiger partial charge on any atom is 0.339 e. The quantitative estimate of drug-likeness (QED) is 0.285. The van der Waals surface area contributed by atoms with Gasteiger partial charge in [0.25, 0.3) is 5.56 Å². The molecule has 39 heavy (non-hydrogen) atoms. The van der Waals surface area contributed by atoms with Crippen LogP contribution in [-0.2, 0) is 17.7 Å². The van der Waals surface area contributed by atoms with Gasteiger partial charge in [-0.1, -0.05) is 0 Å². The molecule has 9 nitrogen and oxygen atoms in total. The molecule has 1 aromatic carbocycles. The molecule has 4 aromatic rings. The van der Waals surface area contributed by atoms with E-state index in [4.69, 9.17) is 4.74 Å². The van der Waals surface area contributed by atoms with Gasteiger partial charge in [0, 0.05) is 37.7 Å². The van der Waals surface area contributed by atoms with Crippen LogP contribution < -0.4 is 16.1 Å². The zero-order valence-electron chi connectivity index (χ0n) is 20.3. The molecule has 1 spiro atoms. The molecule has 200 valence electrons. The molecular formula is C26H20F4N6O3. The van der Waals surface area contributed by atoms with Crippen molar-refractivity contribution in [1.29, 1.82) is 5.26 Å². The number of nitriles is 1. The number of imidazole rings is 1. The van der Waals surface area contributed by atoms with Gasteiger partial charge in [-0.05, 0) is 36.2 Å². The molecule has 0 aliphatic carbocycles. The van der Waals surface area contributed by atoms with Crippen LogP contribution in [0.25, 0.3) is 11.5 Å². The van der Waals surface area contributed by atoms with E-state index in [-0.39, 0.29) is 40.2 Å². The second-order valence-electron chi connectivity index (χ2n) is 9.87. The summed E-state index contributed by atoms with van der Waals surface area (Å²) in [6.07, 6.45) is 2.67. The summed E-state index contributed by atoms with van der Waals surface area (Å²) in [5, 5.41) is 9.59. The van der Waals surface area contributed by atoms with Crippen molar-refractivity contribution in [3.8, 4) is 11.9 Å². The third-order valence-electron chi connectivity index (χ3n) is 7.28. The molecule has 2 saturated heterocycles. The highest BCUT2D eigenvalue weighted by molar-refractivity contribution is 5.54. The van der Waals surface area contributed by atoms with Crippen LogP contribution in [0.1, 0.15) is 17.5 Å². The molecule has 0 amide bonds. The van der Waals surface area contributed by atoms with E-state index < -0.39 is 41.1 Å². The number of fused-ring (bicyclic) bond motifs is 1. The molecule has 0 N–H and O–H groups in total. The Morgan fingerprint density at radius 1 is 1.10 bits per heavy atom. The third kappa shape index (κ3) is 3.99. The van der Waals surface area contributed by atoms with Crippen molar-refractivity contribution < 1.29 is 22.3 Å². The van der Waals surface area contributed by atoms with Crippen molar-refractivity contribution >= 4 is 11.5 Å². The van der Waals surface area contributed by atoms with E-state index in [0.717, 1.165) is 33.9 Å². The summed E-state index contributed by atoms with van der Waals surface area (Å²) in [6, 6.07) is 6.01. The van der Waals surface area contributed by atoms with Crippen LogP contribution >= 0.6 is 0 Å². The van der Waals surface area contributed by atoms with Gasteiger partial charge < -0.3 is 9.64 Å². The maximum atomic E-state index is 14.1. The Kier molecular flexibility index (Phi) is 5.80. The zero-order valence-corrected chi connectivity index (χ0v) is 20.3. The summed E-state index contributed by atoms with van der Waals surface area (Å²) in [6.45, 7) is 1.49. The Morgan fingerprint density at radius 3 is 2.51 bits per heavy atom. The molecular weight excluding hydrogens is 520 g/mol. The molecule has 2 fully saturated rings. The van der Waals surface area contributed by atoms with E-state index in [1.165, 1.54) is 22.7 Å². The third-order valence-corrected chi connectivity index (χ3v) is 7.28. The predicted molar refractivity (Wildman–Crippen MR) is 130 cm³/mol. The number of aromatic nitrogens is 4. The lowest BCUT2D eigenvalue weighted by atomic mass is 9.79. The van der Waals surface area contributed by atoms with Gasteiger partial charge in [0.1, 0.15) is 29.6 Å². The molecule has 2 aliphatic rings. The monoisotopic (exact) mass is 540 g/mol. The van der Waals surface area contributed by atoms with Crippen molar-refractivity contribution in [3.05, 3.63) is 91.9 Å². The Balaban J connectivity index is 1.60. The van der Waals surface area contributed by atoms with Crippen LogP contribution in [0.15, 0.2) is 46.2 Å². The average molecular weight is 540 g/mol. The smallest absolute Gasteiger partial charge is 0.339 e. The summed E-state index contributed by atoms with van der Waals surface area (Å²) in [7, 11) is 0. The molecule has 6 rings (SSSR count). The fourth-order valence-corrected chi connectivity index (χ4v) is 5.46. The van der Waals surface area contributed by atoms with Gasteiger partial charge in [0.15, 0.2) is 17.5 Å². The highest BCUT2D eigenvalue weighted by atomic mass is 19.2. The minimum Gasteiger partial charge on any atom is -0.381 e. The van der Waals surface area contributed by atoms with E-state index in [1.54, 1.807) is 4.90 Å². The van der Waals surface area contributed by atoms with Gasteiger partial charge in [-0.2, -0.15) is 5.26 Å². The lowest BCUT2D eigenvalue weighted by Gasteiger charge is -2.49. The molecule has 5 heterocycles. The zero-order chi connectivity index (χ0) is 27.5. The average Bonchev–Trinajstić information content (AvgIpc) is 3.53. The number of benzene rings is 1. The first-order valence-corrected chi connectivity index (χ1v) is 12.1. The van der Waals surface area contributed by atoms with Crippen molar-refractivity contribution in [2.75, 3.05) is 31.2 Å². The van der Waals surface area contributed by atoms with Crippen LogP contribution in [0.4, 0.5) is 23.4 Å². The molecule has 3 aromatic heterocycles. The van der Waals surface area contributed by atoms with Gasteiger partial charge >= 0.3 is 5.69 Å². The van der Waals surface area contributed by atoms with E-state index in [0.29, 0.717) is 26.3 Å². The molecule has 0 radical (unpaired) electrons. The van der Waals surface area contributed by atoms with Crippen LogP contribution in [0.2, 0.25) is 0 Å². The largest absolute Gasteiger partial charge is 0.381 e. The van der Waals surface area contributed by atoms with Crippen molar-refractivity contribution in [2.45, 2.75) is 19.4 Å². The van der Waals surface area contributed by atoms with Gasteiger partial charge in [-0.15, -0.1) is 0 Å². The fraction of sp³-hybridized carbons (Fsp3) is 0.308. The number of hydrogen-bond acceptors (Lipinski definition) is 6. The van der Waals surface area contributed by atoms with Crippen molar-refractivity contribution in [1.82, 2.24) is 18.5 Å². The lowest BCUT2D eigenvalue weighted by Crippen LogP contribution is -2.59. The number of ether oxygens (including phenoxy) is 1. The Morgan fingerprint density at radius 2 is 1.85 bits per heavy atom. The van der Waals surface area contributed by atoms with Gasteiger partial charge in [0.2, 0.25) is 0 Å². The normalized spacial score (nSPS) is 16.1. The van der Waals surface area contributed by atoms with Gasteiger partial charge in [0.05, 0.1) is 24.4 Å². The number of rotatable bonds is 5. The summed E-state index contributed by atoms with van der Waals surface area (Å²) in [5.41, 5.74) is -1.73. The van der Waals surface area contributed by atoms with E-state index in [2.05, 4.69) is 4.98 Å². The highest BCUT2D eigenvalue weighted by Gasteiger charge is 2.47. The summed E-state index contributed by atoms with van der Waals surface area (Å²) >= 11 is 0. The maximum absolute atomic E-state index is 14.1. The first-order chi connectivity index (χ1) is 18.7. The molecule has 0 bridgehead atoms. The Labute approximate surface area is 217 Å². The molecule has 13 heteroatoms. The van der Waals surface area contributed by atoms with Crippen molar-refractivity contribution in [3.63, 3.8) is 0 Å². The number of pyridine rings is 1. The Hall–Kier alpha value is -4.44. The summed E-state index contributed by atoms with van der Waals surface area (Å²) in [5.74, 6) is -5.11. The lowest BCUT2D eigenvalue weighted by molar-refractivity contribution is 0.130. The van der Waals surface area contributed by atoms with E-state index in [9.17, 15) is 32.4 Å². The van der Waals surface area contributed by atoms with Crippen LogP contribution in [0, 0.1) is 40.0 Å². The SMILES string of the molecule is N#CCn1c(N2CC3(CCOC3)C2)c(Cc2cc(F)c(F)c(F)c2)c(=O)n(-c2cnc3ccc(F)cn23)c1=O. The van der Waals surface area contributed by atoms with Crippen LogP contribution in [-0.4, -0.2) is 44.8 Å². The number of anilines is 1. The highest BCUT2D eigenvalue weighted by Crippen LogP contribution is 2.41. The summed E-state index contributed by atoms with van der Waals surface area (Å²) in [4.78, 5) is 33.7. The molecule has 0 atom stereocenters. The second-order valence-corrected chi connectivity index (χ2v) is 9.87. The number of nitrogens with zero attached hydrogens (tertiary/aromatic N) is 6. The number of halogens is 4. The minimum absolute atomic E-state index is 0.0459. The molecule has 0 unspecified atom stereocenters. The van der Waals surface area contributed by atoms with Crippen LogP contribution in [0.5, 0.6) is 0 Å². The standard InChI is InChI=1S/C26H20F4N6O3/c27-16-1-2-20-32-10-21(35(20)11-16)36-24(37)17(7-15-8-18(28)22(30)19(29)9-15)23(34(5-4-31)25(36)38)33-12-26(13-33)3-6-39-14-26/h1-2,8-11H,3,5-7,12-14H2. The van der Waals surface area contributed by atoms with Crippen LogP contribution in [0.3, 0.4) is 0 Å². The first-order valence-electron chi connectivity index (χ1n) is 12.1. The van der Waals surface area contributed by atoms with E-state index >= 15 is 0 Å².